The minimum absolute atomic E-state index is 0.235. The Hall–Kier alpha value is -2.33. The third kappa shape index (κ3) is 1.55. The highest BCUT2D eigenvalue weighted by Crippen LogP contribution is 2.33. The second-order valence-corrected chi connectivity index (χ2v) is 4.10. The molecule has 0 aliphatic carbocycles. The van der Waals surface area contributed by atoms with Gasteiger partial charge in [-0.15, -0.1) is 0 Å². The van der Waals surface area contributed by atoms with Crippen LogP contribution in [0.5, 0.6) is 5.75 Å². The van der Waals surface area contributed by atoms with Crippen LogP contribution in [0.1, 0.15) is 5.56 Å². The molecule has 2 aromatic heterocycles. The van der Waals surface area contributed by atoms with Gasteiger partial charge in [-0.3, -0.25) is 4.98 Å². The number of aromatic nitrogens is 2. The molecular weight excluding hydrogens is 226 g/mol. The van der Waals surface area contributed by atoms with Gasteiger partial charge in [-0.25, -0.2) is 0 Å². The molecule has 0 spiro atoms. The lowest BCUT2D eigenvalue weighted by Gasteiger charge is -2.04. The number of phenols is 1. The van der Waals surface area contributed by atoms with Crippen LogP contribution in [0.4, 0.5) is 0 Å². The van der Waals surface area contributed by atoms with Crippen molar-refractivity contribution in [1.82, 2.24) is 9.97 Å². The number of nitrogens with two attached hydrogens (primary N) is 1. The van der Waals surface area contributed by atoms with Gasteiger partial charge in [0, 0.05) is 23.9 Å². The van der Waals surface area contributed by atoms with Crippen LogP contribution in [0, 0.1) is 0 Å². The van der Waals surface area contributed by atoms with Crippen LogP contribution in [0.3, 0.4) is 0 Å². The van der Waals surface area contributed by atoms with Gasteiger partial charge in [-0.05, 0) is 24.3 Å². The van der Waals surface area contributed by atoms with Gasteiger partial charge in [-0.1, -0.05) is 12.1 Å². The highest BCUT2D eigenvalue weighted by atomic mass is 16.3. The molecule has 0 saturated heterocycles. The van der Waals surface area contributed by atoms with Crippen molar-refractivity contribution in [3.63, 3.8) is 0 Å². The maximum absolute atomic E-state index is 9.93. The van der Waals surface area contributed by atoms with E-state index in [0.717, 1.165) is 27.9 Å². The Morgan fingerprint density at radius 1 is 1.17 bits per heavy atom. The lowest BCUT2D eigenvalue weighted by atomic mass is 10.1. The van der Waals surface area contributed by atoms with Gasteiger partial charge in [0.25, 0.3) is 0 Å². The number of aromatic amines is 1. The summed E-state index contributed by atoms with van der Waals surface area (Å²) in [5.41, 5.74) is 10.1. The largest absolute Gasteiger partial charge is 0.507 e. The fourth-order valence-corrected chi connectivity index (χ4v) is 2.19. The van der Waals surface area contributed by atoms with E-state index in [2.05, 4.69) is 9.97 Å². The minimum Gasteiger partial charge on any atom is -0.507 e. The number of rotatable bonds is 2. The average molecular weight is 239 g/mol. The first-order valence-electron chi connectivity index (χ1n) is 5.75. The van der Waals surface area contributed by atoms with Gasteiger partial charge in [-0.2, -0.15) is 0 Å². The maximum Gasteiger partial charge on any atom is 0.124 e. The van der Waals surface area contributed by atoms with Crippen molar-refractivity contribution >= 4 is 11.0 Å². The summed E-state index contributed by atoms with van der Waals surface area (Å²) in [5.74, 6) is 0.235. The summed E-state index contributed by atoms with van der Waals surface area (Å²) in [7, 11) is 0. The normalized spacial score (nSPS) is 10.9. The van der Waals surface area contributed by atoms with Crippen LogP contribution in [-0.2, 0) is 6.54 Å². The zero-order valence-corrected chi connectivity index (χ0v) is 9.72. The Morgan fingerprint density at radius 3 is 2.78 bits per heavy atom. The van der Waals surface area contributed by atoms with E-state index in [4.69, 9.17) is 5.73 Å². The Morgan fingerprint density at radius 2 is 2.00 bits per heavy atom. The number of aromatic hydroxyl groups is 1. The van der Waals surface area contributed by atoms with E-state index in [1.54, 1.807) is 18.3 Å². The molecule has 0 aliphatic heterocycles. The summed E-state index contributed by atoms with van der Waals surface area (Å²) < 4.78 is 0. The third-order valence-corrected chi connectivity index (χ3v) is 3.03. The summed E-state index contributed by atoms with van der Waals surface area (Å²) in [5, 5.41) is 9.93. The summed E-state index contributed by atoms with van der Waals surface area (Å²) in [6.07, 6.45) is 1.74. The highest BCUT2D eigenvalue weighted by molar-refractivity contribution is 5.88. The van der Waals surface area contributed by atoms with Crippen molar-refractivity contribution in [1.29, 1.82) is 0 Å². The number of H-pyrrole nitrogens is 1. The molecule has 4 N–H and O–H groups in total. The van der Waals surface area contributed by atoms with E-state index >= 15 is 0 Å². The summed E-state index contributed by atoms with van der Waals surface area (Å²) in [4.78, 5) is 7.60. The topological polar surface area (TPSA) is 74.9 Å². The Labute approximate surface area is 104 Å². The average Bonchev–Trinajstić information content (AvgIpc) is 2.77. The first-order chi connectivity index (χ1) is 8.81. The molecule has 4 heteroatoms. The fraction of sp³-hybridized carbons (Fsp3) is 0.0714. The van der Waals surface area contributed by atoms with Crippen molar-refractivity contribution in [2.24, 2.45) is 5.73 Å². The maximum atomic E-state index is 9.93. The Balaban J connectivity index is 2.32. The predicted octanol–water partition coefficient (Wildman–Crippen LogP) is 2.39. The van der Waals surface area contributed by atoms with E-state index in [1.165, 1.54) is 0 Å². The van der Waals surface area contributed by atoms with Crippen LogP contribution < -0.4 is 5.73 Å². The van der Waals surface area contributed by atoms with Crippen molar-refractivity contribution in [3.8, 4) is 17.0 Å². The van der Waals surface area contributed by atoms with Gasteiger partial charge in [0.15, 0.2) is 0 Å². The van der Waals surface area contributed by atoms with Crippen molar-refractivity contribution in [3.05, 3.63) is 48.2 Å². The van der Waals surface area contributed by atoms with Crippen molar-refractivity contribution in [2.45, 2.75) is 6.54 Å². The van der Waals surface area contributed by atoms with Gasteiger partial charge < -0.3 is 15.8 Å². The molecule has 1 aromatic carbocycles. The molecule has 0 bridgehead atoms. The minimum atomic E-state index is 0.235. The number of nitrogens with zero attached hydrogens (tertiary/aromatic N) is 1. The van der Waals surface area contributed by atoms with E-state index in [9.17, 15) is 5.11 Å². The van der Waals surface area contributed by atoms with Crippen molar-refractivity contribution in [2.75, 3.05) is 0 Å². The first kappa shape index (κ1) is 10.8. The molecule has 0 amide bonds. The standard InChI is InChI=1S/C14H13N3O/c15-8-10-13(9-4-1-2-6-12(9)18)17-11-5-3-7-16-14(10)11/h1-7,17-18H,8,15H2. The van der Waals surface area contributed by atoms with Gasteiger partial charge in [0.05, 0.1) is 16.7 Å². The number of phenolic OH excluding ortho intramolecular Hbond substituents is 1. The van der Waals surface area contributed by atoms with E-state index in [-0.39, 0.29) is 5.75 Å². The summed E-state index contributed by atoms with van der Waals surface area (Å²) >= 11 is 0. The van der Waals surface area contributed by atoms with Crippen LogP contribution in [0.25, 0.3) is 22.3 Å². The summed E-state index contributed by atoms with van der Waals surface area (Å²) in [6, 6.07) is 11.0. The van der Waals surface area contributed by atoms with Crippen molar-refractivity contribution < 1.29 is 5.11 Å². The molecule has 3 rings (SSSR count). The SMILES string of the molecule is NCc1c(-c2ccccc2O)[nH]c2cccnc12. The molecule has 0 aliphatic rings. The molecule has 90 valence electrons. The molecule has 3 aromatic rings. The zero-order valence-electron chi connectivity index (χ0n) is 9.72. The smallest absolute Gasteiger partial charge is 0.124 e. The molecule has 2 heterocycles. The molecular formula is C14H13N3O. The number of nitrogens with one attached hydrogen (secondary N) is 1. The van der Waals surface area contributed by atoms with E-state index < -0.39 is 0 Å². The number of hydrogen-bond acceptors (Lipinski definition) is 3. The third-order valence-electron chi connectivity index (χ3n) is 3.03. The zero-order chi connectivity index (χ0) is 12.5. The quantitative estimate of drug-likeness (QED) is 0.642. The van der Waals surface area contributed by atoms with Crippen LogP contribution in [0.15, 0.2) is 42.6 Å². The molecule has 0 atom stereocenters. The molecule has 0 unspecified atom stereocenters. The molecule has 0 fully saturated rings. The predicted molar refractivity (Wildman–Crippen MR) is 71.1 cm³/mol. The second kappa shape index (κ2) is 4.16. The van der Waals surface area contributed by atoms with E-state index in [1.807, 2.05) is 24.3 Å². The number of benzene rings is 1. The molecule has 4 nitrogen and oxygen atoms in total. The Bertz CT molecular complexity index is 703. The van der Waals surface area contributed by atoms with Crippen LogP contribution in [0.2, 0.25) is 0 Å². The Kier molecular flexibility index (Phi) is 2.50. The van der Waals surface area contributed by atoms with Gasteiger partial charge in [0.2, 0.25) is 0 Å². The van der Waals surface area contributed by atoms with E-state index in [0.29, 0.717) is 6.54 Å². The number of pyridine rings is 1. The lowest BCUT2D eigenvalue weighted by molar-refractivity contribution is 0.477. The highest BCUT2D eigenvalue weighted by Gasteiger charge is 2.14. The molecule has 18 heavy (non-hydrogen) atoms. The second-order valence-electron chi connectivity index (χ2n) is 4.10. The van der Waals surface area contributed by atoms with Gasteiger partial charge in [0.1, 0.15) is 5.75 Å². The fourth-order valence-electron chi connectivity index (χ4n) is 2.19. The van der Waals surface area contributed by atoms with Gasteiger partial charge >= 0.3 is 0 Å². The molecule has 0 saturated carbocycles. The number of para-hydroxylation sites is 1. The number of hydrogen-bond donors (Lipinski definition) is 3. The molecule has 0 radical (unpaired) electrons. The number of fused-ring (bicyclic) bond motifs is 1. The van der Waals surface area contributed by atoms with Crippen LogP contribution in [-0.4, -0.2) is 15.1 Å². The first-order valence-corrected chi connectivity index (χ1v) is 5.75. The summed E-state index contributed by atoms with van der Waals surface area (Å²) in [6.45, 7) is 0.376. The lowest BCUT2D eigenvalue weighted by Crippen LogP contribution is -1.98. The monoisotopic (exact) mass is 239 g/mol. The van der Waals surface area contributed by atoms with Crippen LogP contribution >= 0.6 is 0 Å².